The largest absolute Gasteiger partial charge is 0.457 e. The number of fused-ring (bicyclic) bond motifs is 1. The lowest BCUT2D eigenvalue weighted by Crippen LogP contribution is -1.99. The van der Waals surface area contributed by atoms with Gasteiger partial charge >= 0.3 is 5.97 Å². The third-order valence-corrected chi connectivity index (χ3v) is 3.62. The number of ether oxygens (including phenoxy) is 1. The van der Waals surface area contributed by atoms with Crippen LogP contribution in [0.15, 0.2) is 12.1 Å². The first-order chi connectivity index (χ1) is 6.74. The monoisotopic (exact) mass is 304 g/mol. The molecule has 0 saturated carbocycles. The molecule has 2 rings (SSSR count). The maximum Gasteiger partial charge on any atom is 0.338 e. The van der Waals surface area contributed by atoms with Crippen molar-refractivity contribution in [1.29, 1.82) is 0 Å². The standard InChI is InChI=1S/C10H9IO3/c11-9-6(3-4-12)1-2-7-8(9)5-14-10(7)13/h1-2,12H,3-5H2. The summed E-state index contributed by atoms with van der Waals surface area (Å²) in [6.45, 7) is 0.495. The number of benzene rings is 1. The van der Waals surface area contributed by atoms with Gasteiger partial charge in [0.2, 0.25) is 0 Å². The Labute approximate surface area is 95.2 Å². The number of rotatable bonds is 2. The van der Waals surface area contributed by atoms with Gasteiger partial charge in [0.15, 0.2) is 0 Å². The molecule has 0 unspecified atom stereocenters. The number of carbonyl (C=O) groups excluding carboxylic acids is 1. The van der Waals surface area contributed by atoms with E-state index in [1.165, 1.54) is 0 Å². The SMILES string of the molecule is O=C1OCc2c1ccc(CCO)c2I. The molecule has 0 bridgehead atoms. The van der Waals surface area contributed by atoms with Gasteiger partial charge in [0.1, 0.15) is 6.61 Å². The molecule has 1 aromatic carbocycles. The van der Waals surface area contributed by atoms with E-state index in [-0.39, 0.29) is 12.6 Å². The summed E-state index contributed by atoms with van der Waals surface area (Å²) in [4.78, 5) is 11.2. The molecule has 0 spiro atoms. The van der Waals surface area contributed by atoms with Crippen molar-refractivity contribution in [3.8, 4) is 0 Å². The van der Waals surface area contributed by atoms with Crippen molar-refractivity contribution < 1.29 is 14.6 Å². The summed E-state index contributed by atoms with van der Waals surface area (Å²) in [5, 5.41) is 8.84. The summed E-state index contributed by atoms with van der Waals surface area (Å²) >= 11 is 2.20. The fourth-order valence-electron chi connectivity index (χ4n) is 1.53. The van der Waals surface area contributed by atoms with E-state index >= 15 is 0 Å². The molecule has 1 N–H and O–H groups in total. The minimum atomic E-state index is -0.242. The van der Waals surface area contributed by atoms with E-state index in [4.69, 9.17) is 9.84 Å². The highest BCUT2D eigenvalue weighted by molar-refractivity contribution is 14.1. The number of aliphatic hydroxyl groups is 1. The second-order valence-corrected chi connectivity index (χ2v) is 4.19. The van der Waals surface area contributed by atoms with E-state index in [1.54, 1.807) is 6.07 Å². The van der Waals surface area contributed by atoms with Crippen LogP contribution in [0.2, 0.25) is 0 Å². The first-order valence-corrected chi connectivity index (χ1v) is 5.40. The van der Waals surface area contributed by atoms with Crippen LogP contribution in [0.25, 0.3) is 0 Å². The molecular weight excluding hydrogens is 295 g/mol. The van der Waals surface area contributed by atoms with Crippen LogP contribution in [-0.2, 0) is 17.8 Å². The van der Waals surface area contributed by atoms with Crippen molar-refractivity contribution in [3.63, 3.8) is 0 Å². The molecule has 74 valence electrons. The Hall–Kier alpha value is -0.620. The number of carbonyl (C=O) groups is 1. The number of esters is 1. The van der Waals surface area contributed by atoms with Crippen LogP contribution in [0.1, 0.15) is 21.5 Å². The molecule has 3 nitrogen and oxygen atoms in total. The highest BCUT2D eigenvalue weighted by Crippen LogP contribution is 2.27. The van der Waals surface area contributed by atoms with Crippen molar-refractivity contribution in [2.75, 3.05) is 6.61 Å². The summed E-state index contributed by atoms with van der Waals surface area (Å²) in [6.07, 6.45) is 0.625. The Morgan fingerprint density at radius 3 is 3.00 bits per heavy atom. The van der Waals surface area contributed by atoms with Crippen LogP contribution in [0.4, 0.5) is 0 Å². The molecule has 0 aliphatic carbocycles. The summed E-state index contributed by atoms with van der Waals surface area (Å²) in [5.41, 5.74) is 2.70. The van der Waals surface area contributed by atoms with E-state index in [1.807, 2.05) is 6.07 Å². The Bertz CT molecular complexity index is 387. The number of hydrogen-bond donors (Lipinski definition) is 1. The van der Waals surface area contributed by atoms with Gasteiger partial charge in [-0.05, 0) is 40.6 Å². The predicted molar refractivity (Wildman–Crippen MR) is 59.1 cm³/mol. The highest BCUT2D eigenvalue weighted by atomic mass is 127. The molecule has 1 aliphatic heterocycles. The Balaban J connectivity index is 2.47. The number of aliphatic hydroxyl groups excluding tert-OH is 1. The van der Waals surface area contributed by atoms with Crippen molar-refractivity contribution in [2.24, 2.45) is 0 Å². The summed E-state index contributed by atoms with van der Waals surface area (Å²) in [6, 6.07) is 3.65. The van der Waals surface area contributed by atoms with Gasteiger partial charge in [0.05, 0.1) is 5.56 Å². The Kier molecular flexibility index (Phi) is 2.73. The third-order valence-electron chi connectivity index (χ3n) is 2.27. The fourth-order valence-corrected chi connectivity index (χ4v) is 2.43. The third kappa shape index (κ3) is 1.52. The highest BCUT2D eigenvalue weighted by Gasteiger charge is 2.24. The minimum absolute atomic E-state index is 0.129. The van der Waals surface area contributed by atoms with Crippen LogP contribution in [0.5, 0.6) is 0 Å². The van der Waals surface area contributed by atoms with E-state index in [2.05, 4.69) is 22.6 Å². The second kappa shape index (κ2) is 3.86. The molecule has 0 fully saturated rings. The first kappa shape index (κ1) is 9.92. The topological polar surface area (TPSA) is 46.5 Å². The molecule has 4 heteroatoms. The Morgan fingerprint density at radius 1 is 1.50 bits per heavy atom. The van der Waals surface area contributed by atoms with E-state index in [0.29, 0.717) is 18.6 Å². The van der Waals surface area contributed by atoms with Gasteiger partial charge in [0, 0.05) is 15.7 Å². The van der Waals surface area contributed by atoms with E-state index in [0.717, 1.165) is 14.7 Å². The van der Waals surface area contributed by atoms with Gasteiger partial charge in [-0.1, -0.05) is 6.07 Å². The van der Waals surface area contributed by atoms with Crippen molar-refractivity contribution >= 4 is 28.6 Å². The van der Waals surface area contributed by atoms with Gasteiger partial charge in [-0.25, -0.2) is 4.79 Å². The molecule has 1 heterocycles. The van der Waals surface area contributed by atoms with Crippen LogP contribution in [0, 0.1) is 3.57 Å². The zero-order chi connectivity index (χ0) is 10.1. The van der Waals surface area contributed by atoms with Gasteiger partial charge < -0.3 is 9.84 Å². The molecule has 14 heavy (non-hydrogen) atoms. The average Bonchev–Trinajstić information content (AvgIpc) is 2.54. The Morgan fingerprint density at radius 2 is 2.29 bits per heavy atom. The molecule has 0 amide bonds. The lowest BCUT2D eigenvalue weighted by Gasteiger charge is -2.05. The van der Waals surface area contributed by atoms with E-state index < -0.39 is 0 Å². The number of cyclic esters (lactones) is 1. The van der Waals surface area contributed by atoms with Crippen molar-refractivity contribution in [2.45, 2.75) is 13.0 Å². The van der Waals surface area contributed by atoms with Crippen LogP contribution >= 0.6 is 22.6 Å². The van der Waals surface area contributed by atoms with Gasteiger partial charge in [0.25, 0.3) is 0 Å². The van der Waals surface area contributed by atoms with Crippen molar-refractivity contribution in [1.82, 2.24) is 0 Å². The summed E-state index contributed by atoms with van der Waals surface area (Å²) < 4.78 is 5.97. The van der Waals surface area contributed by atoms with Crippen LogP contribution in [-0.4, -0.2) is 17.7 Å². The quantitative estimate of drug-likeness (QED) is 0.665. The minimum Gasteiger partial charge on any atom is -0.457 e. The number of hydrogen-bond acceptors (Lipinski definition) is 3. The first-order valence-electron chi connectivity index (χ1n) is 4.32. The summed E-state index contributed by atoms with van der Waals surface area (Å²) in [7, 11) is 0. The molecule has 0 atom stereocenters. The predicted octanol–water partition coefficient (Wildman–Crippen LogP) is 1.50. The van der Waals surface area contributed by atoms with E-state index in [9.17, 15) is 4.79 Å². The van der Waals surface area contributed by atoms with Gasteiger partial charge in [-0.3, -0.25) is 0 Å². The normalized spacial score (nSPS) is 14.0. The summed E-state index contributed by atoms with van der Waals surface area (Å²) in [5.74, 6) is -0.242. The maximum atomic E-state index is 11.2. The van der Waals surface area contributed by atoms with Crippen molar-refractivity contribution in [3.05, 3.63) is 32.4 Å². The maximum absolute atomic E-state index is 11.2. The lowest BCUT2D eigenvalue weighted by molar-refractivity contribution is 0.0534. The lowest BCUT2D eigenvalue weighted by atomic mass is 10.0. The van der Waals surface area contributed by atoms with Gasteiger partial charge in [-0.15, -0.1) is 0 Å². The zero-order valence-corrected chi connectivity index (χ0v) is 9.58. The molecule has 1 aliphatic rings. The molecular formula is C10H9IO3. The number of halogens is 1. The van der Waals surface area contributed by atoms with Gasteiger partial charge in [-0.2, -0.15) is 0 Å². The molecule has 0 saturated heterocycles. The zero-order valence-electron chi connectivity index (χ0n) is 7.42. The molecule has 0 aromatic heterocycles. The fraction of sp³-hybridized carbons (Fsp3) is 0.300. The molecule has 1 aromatic rings. The second-order valence-electron chi connectivity index (χ2n) is 3.11. The molecule has 0 radical (unpaired) electrons. The average molecular weight is 304 g/mol. The van der Waals surface area contributed by atoms with Crippen LogP contribution < -0.4 is 0 Å². The smallest absolute Gasteiger partial charge is 0.338 e. The van der Waals surface area contributed by atoms with Crippen LogP contribution in [0.3, 0.4) is 0 Å².